The Hall–Kier alpha value is -1.35. The van der Waals surface area contributed by atoms with Crippen LogP contribution in [0.2, 0.25) is 0 Å². The van der Waals surface area contributed by atoms with Crippen molar-refractivity contribution >= 4 is 21.8 Å². The first kappa shape index (κ1) is 17.1. The fourth-order valence-corrected chi connectivity index (χ4v) is 0.496. The molecular formula is C8H16N2O5S. The largest absolute Gasteiger partial charge is 0.399 e. The van der Waals surface area contributed by atoms with Crippen molar-refractivity contribution in [1.29, 1.82) is 0 Å². The average molecular weight is 252 g/mol. The fourth-order valence-electron chi connectivity index (χ4n) is 0.496. The highest BCUT2D eigenvalue weighted by molar-refractivity contribution is 7.79. The summed E-state index contributed by atoms with van der Waals surface area (Å²) in [6, 6.07) is 7.09. The summed E-state index contributed by atoms with van der Waals surface area (Å²) in [6.45, 7) is 1.93. The lowest BCUT2D eigenvalue weighted by Crippen LogP contribution is -1.89. The van der Waals surface area contributed by atoms with E-state index >= 15 is 0 Å². The van der Waals surface area contributed by atoms with E-state index in [2.05, 4.69) is 0 Å². The molecule has 0 aliphatic heterocycles. The van der Waals surface area contributed by atoms with Crippen molar-refractivity contribution in [3.05, 3.63) is 24.3 Å². The van der Waals surface area contributed by atoms with E-state index in [-0.39, 0.29) is 6.61 Å². The Morgan fingerprint density at radius 2 is 1.19 bits per heavy atom. The Balaban J connectivity index is 0. The zero-order valence-electron chi connectivity index (χ0n) is 8.74. The van der Waals surface area contributed by atoms with Crippen LogP contribution in [0.4, 0.5) is 11.4 Å². The summed E-state index contributed by atoms with van der Waals surface area (Å²) in [7, 11) is -4.67. The first-order valence-corrected chi connectivity index (χ1v) is 5.52. The second-order valence-electron chi connectivity index (χ2n) is 2.43. The first-order chi connectivity index (χ1) is 7.20. The highest BCUT2D eigenvalue weighted by Crippen LogP contribution is 2.04. The highest BCUT2D eigenvalue weighted by Gasteiger charge is 1.84. The SMILES string of the molecule is CCO.Nc1ccc(N)cc1.O=S(=O)(O)O. The normalized spacial score (nSPS) is 9.25. The minimum Gasteiger partial charge on any atom is -0.399 e. The summed E-state index contributed by atoms with van der Waals surface area (Å²) in [4.78, 5) is 0. The van der Waals surface area contributed by atoms with Crippen LogP contribution in [0.5, 0.6) is 0 Å². The molecular weight excluding hydrogens is 236 g/mol. The van der Waals surface area contributed by atoms with Crippen LogP contribution in [0, 0.1) is 0 Å². The summed E-state index contributed by atoms with van der Waals surface area (Å²) in [5.41, 5.74) is 12.2. The van der Waals surface area contributed by atoms with Gasteiger partial charge in [-0.3, -0.25) is 9.11 Å². The third kappa shape index (κ3) is 22.9. The van der Waals surface area contributed by atoms with Crippen LogP contribution < -0.4 is 11.5 Å². The van der Waals surface area contributed by atoms with Crippen LogP contribution in [0.1, 0.15) is 6.92 Å². The summed E-state index contributed by atoms with van der Waals surface area (Å²) in [5.74, 6) is 0. The van der Waals surface area contributed by atoms with E-state index in [1.807, 2.05) is 0 Å². The van der Waals surface area contributed by atoms with Crippen molar-refractivity contribution in [2.24, 2.45) is 0 Å². The molecule has 0 aromatic heterocycles. The maximum atomic E-state index is 8.74. The van der Waals surface area contributed by atoms with Crippen molar-refractivity contribution in [1.82, 2.24) is 0 Å². The zero-order chi connectivity index (χ0) is 13.2. The number of anilines is 2. The smallest absolute Gasteiger partial charge is 0.394 e. The number of nitrogens with two attached hydrogens (primary N) is 2. The average Bonchev–Trinajstić information content (AvgIpc) is 2.09. The van der Waals surface area contributed by atoms with Gasteiger partial charge in [0.2, 0.25) is 0 Å². The van der Waals surface area contributed by atoms with Gasteiger partial charge in [0, 0.05) is 18.0 Å². The topological polar surface area (TPSA) is 147 Å². The molecule has 8 heteroatoms. The number of hydrogen-bond donors (Lipinski definition) is 5. The molecule has 0 atom stereocenters. The third-order valence-corrected chi connectivity index (χ3v) is 0.936. The Kier molecular flexibility index (Phi) is 9.51. The van der Waals surface area contributed by atoms with Crippen LogP contribution in [0.15, 0.2) is 24.3 Å². The number of nitrogen functional groups attached to an aromatic ring is 2. The minimum atomic E-state index is -4.67. The van der Waals surface area contributed by atoms with Gasteiger partial charge in [-0.05, 0) is 31.2 Å². The van der Waals surface area contributed by atoms with E-state index in [0.717, 1.165) is 11.4 Å². The molecule has 1 aromatic rings. The van der Waals surface area contributed by atoms with E-state index in [1.54, 1.807) is 31.2 Å². The van der Waals surface area contributed by atoms with Gasteiger partial charge < -0.3 is 16.6 Å². The van der Waals surface area contributed by atoms with Gasteiger partial charge in [0.25, 0.3) is 0 Å². The minimum absolute atomic E-state index is 0.250. The summed E-state index contributed by atoms with van der Waals surface area (Å²) < 4.78 is 31.6. The molecule has 0 heterocycles. The monoisotopic (exact) mass is 252 g/mol. The van der Waals surface area contributed by atoms with Gasteiger partial charge >= 0.3 is 10.4 Å². The molecule has 0 amide bonds. The molecule has 0 unspecified atom stereocenters. The lowest BCUT2D eigenvalue weighted by Gasteiger charge is -1.90. The van der Waals surface area contributed by atoms with Gasteiger partial charge in [-0.15, -0.1) is 0 Å². The second-order valence-corrected chi connectivity index (χ2v) is 3.33. The zero-order valence-corrected chi connectivity index (χ0v) is 9.55. The molecule has 16 heavy (non-hydrogen) atoms. The van der Waals surface area contributed by atoms with Crippen molar-refractivity contribution in [3.63, 3.8) is 0 Å². The predicted octanol–water partition coefficient (Wildman–Crippen LogP) is 0.197. The van der Waals surface area contributed by atoms with E-state index in [4.69, 9.17) is 34.1 Å². The van der Waals surface area contributed by atoms with Gasteiger partial charge in [0.05, 0.1) is 0 Å². The number of rotatable bonds is 0. The molecule has 1 aromatic carbocycles. The fraction of sp³-hybridized carbons (Fsp3) is 0.250. The molecule has 0 aliphatic rings. The molecule has 0 bridgehead atoms. The number of aliphatic hydroxyl groups excluding tert-OH is 1. The van der Waals surface area contributed by atoms with Crippen molar-refractivity contribution < 1.29 is 22.6 Å². The summed E-state index contributed by atoms with van der Waals surface area (Å²) in [5, 5.41) is 7.57. The van der Waals surface area contributed by atoms with Crippen LogP contribution >= 0.6 is 0 Å². The molecule has 0 aliphatic carbocycles. The second kappa shape index (κ2) is 8.92. The summed E-state index contributed by atoms with van der Waals surface area (Å²) in [6.07, 6.45) is 0. The van der Waals surface area contributed by atoms with E-state index in [1.165, 1.54) is 0 Å². The molecule has 1 rings (SSSR count). The Bertz CT molecular complexity index is 334. The number of aliphatic hydroxyl groups is 1. The molecule has 0 spiro atoms. The van der Waals surface area contributed by atoms with Gasteiger partial charge in [-0.1, -0.05) is 0 Å². The summed E-state index contributed by atoms with van der Waals surface area (Å²) >= 11 is 0. The molecule has 7 N–H and O–H groups in total. The van der Waals surface area contributed by atoms with Crippen LogP contribution in [-0.4, -0.2) is 29.2 Å². The third-order valence-electron chi connectivity index (χ3n) is 0.936. The predicted molar refractivity (Wildman–Crippen MR) is 62.2 cm³/mol. The van der Waals surface area contributed by atoms with Crippen molar-refractivity contribution in [3.8, 4) is 0 Å². The maximum absolute atomic E-state index is 8.74. The molecule has 94 valence electrons. The molecule has 0 radical (unpaired) electrons. The van der Waals surface area contributed by atoms with E-state index in [9.17, 15) is 0 Å². The Labute approximate surface area is 94.3 Å². The van der Waals surface area contributed by atoms with Crippen molar-refractivity contribution in [2.45, 2.75) is 6.92 Å². The van der Waals surface area contributed by atoms with E-state index < -0.39 is 10.4 Å². The number of benzene rings is 1. The lowest BCUT2D eigenvalue weighted by atomic mass is 10.3. The van der Waals surface area contributed by atoms with Crippen LogP contribution in [0.25, 0.3) is 0 Å². The van der Waals surface area contributed by atoms with Gasteiger partial charge in [-0.2, -0.15) is 8.42 Å². The standard InChI is InChI=1S/C6H8N2.C2H6O.H2O4S/c7-5-1-2-6(8)4-3-5;1-2-3;1-5(2,3)4/h1-4H,7-8H2;3H,2H2,1H3;(H2,1,2,3,4). The van der Waals surface area contributed by atoms with Gasteiger partial charge in [0.1, 0.15) is 0 Å². The van der Waals surface area contributed by atoms with Crippen LogP contribution in [0.3, 0.4) is 0 Å². The first-order valence-electron chi connectivity index (χ1n) is 4.12. The Morgan fingerprint density at radius 1 is 1.06 bits per heavy atom. The molecule has 0 saturated heterocycles. The molecule has 7 nitrogen and oxygen atoms in total. The van der Waals surface area contributed by atoms with Crippen LogP contribution in [-0.2, 0) is 10.4 Å². The van der Waals surface area contributed by atoms with Gasteiger partial charge in [-0.25, -0.2) is 0 Å². The van der Waals surface area contributed by atoms with Gasteiger partial charge in [0.15, 0.2) is 0 Å². The Morgan fingerprint density at radius 3 is 1.31 bits per heavy atom. The molecule has 0 saturated carbocycles. The quantitative estimate of drug-likeness (QED) is 0.327. The van der Waals surface area contributed by atoms with E-state index in [0.29, 0.717) is 0 Å². The lowest BCUT2D eigenvalue weighted by molar-refractivity contribution is 0.318. The maximum Gasteiger partial charge on any atom is 0.394 e. The number of hydrogen-bond acceptors (Lipinski definition) is 5. The van der Waals surface area contributed by atoms with Crippen molar-refractivity contribution in [2.75, 3.05) is 18.1 Å². The molecule has 0 fully saturated rings. The highest BCUT2D eigenvalue weighted by atomic mass is 32.3.